The van der Waals surface area contributed by atoms with Gasteiger partial charge < -0.3 is 11.1 Å². The second kappa shape index (κ2) is 7.66. The van der Waals surface area contributed by atoms with E-state index in [9.17, 15) is 0 Å². The molecule has 2 unspecified atom stereocenters. The molecule has 0 aliphatic rings. The minimum Gasteiger partial charge on any atom is -0.324 e. The Labute approximate surface area is 118 Å². The zero-order valence-corrected chi connectivity index (χ0v) is 12.9. The van der Waals surface area contributed by atoms with Crippen molar-refractivity contribution in [2.24, 2.45) is 17.1 Å². The lowest BCUT2D eigenvalue weighted by molar-refractivity contribution is 0.252. The Morgan fingerprint density at radius 3 is 2.37 bits per heavy atom. The van der Waals surface area contributed by atoms with Crippen LogP contribution < -0.4 is 11.1 Å². The molecule has 2 nitrogen and oxygen atoms in total. The highest BCUT2D eigenvalue weighted by atomic mass is 14.9. The van der Waals surface area contributed by atoms with Gasteiger partial charge in [0.2, 0.25) is 0 Å². The Bertz CT molecular complexity index is 340. The fraction of sp³-hybridized carbons (Fsp3) is 0.647. The van der Waals surface area contributed by atoms with Gasteiger partial charge in [0.1, 0.15) is 0 Å². The molecule has 1 aromatic rings. The first-order chi connectivity index (χ1) is 8.91. The zero-order chi connectivity index (χ0) is 14.3. The molecule has 2 atom stereocenters. The summed E-state index contributed by atoms with van der Waals surface area (Å²) < 4.78 is 0. The van der Waals surface area contributed by atoms with Crippen LogP contribution >= 0.6 is 0 Å². The van der Waals surface area contributed by atoms with Crippen LogP contribution in [0.4, 0.5) is 0 Å². The van der Waals surface area contributed by atoms with Crippen LogP contribution in [-0.4, -0.2) is 13.1 Å². The van der Waals surface area contributed by atoms with Gasteiger partial charge in [-0.1, -0.05) is 58.0 Å². The van der Waals surface area contributed by atoms with E-state index in [1.54, 1.807) is 0 Å². The van der Waals surface area contributed by atoms with Gasteiger partial charge in [-0.2, -0.15) is 0 Å². The van der Waals surface area contributed by atoms with Crippen molar-refractivity contribution in [3.8, 4) is 0 Å². The summed E-state index contributed by atoms with van der Waals surface area (Å²) in [7, 11) is 0. The van der Waals surface area contributed by atoms with Crippen LogP contribution in [0.2, 0.25) is 0 Å². The summed E-state index contributed by atoms with van der Waals surface area (Å²) >= 11 is 0. The number of benzene rings is 1. The Hall–Kier alpha value is -0.860. The van der Waals surface area contributed by atoms with Crippen molar-refractivity contribution in [1.29, 1.82) is 0 Å². The number of hydrogen-bond acceptors (Lipinski definition) is 2. The standard InChI is InChI=1S/C17H30N2/c1-14(17(2,3)4)13-19-12-8-11-16(18)15-9-6-5-7-10-15/h5-7,9-10,14,16,19H,8,11-13,18H2,1-4H3. The Kier molecular flexibility index (Phi) is 6.53. The monoisotopic (exact) mass is 262 g/mol. The summed E-state index contributed by atoms with van der Waals surface area (Å²) in [6.07, 6.45) is 2.17. The molecule has 0 radical (unpaired) electrons. The van der Waals surface area contributed by atoms with Crippen molar-refractivity contribution in [3.05, 3.63) is 35.9 Å². The van der Waals surface area contributed by atoms with E-state index in [2.05, 4.69) is 57.3 Å². The number of nitrogens with two attached hydrogens (primary N) is 1. The smallest absolute Gasteiger partial charge is 0.0295 e. The van der Waals surface area contributed by atoms with E-state index in [4.69, 9.17) is 5.73 Å². The predicted molar refractivity (Wildman–Crippen MR) is 84.1 cm³/mol. The summed E-state index contributed by atoms with van der Waals surface area (Å²) in [6.45, 7) is 11.3. The van der Waals surface area contributed by atoms with E-state index in [-0.39, 0.29) is 6.04 Å². The van der Waals surface area contributed by atoms with E-state index in [0.717, 1.165) is 25.9 Å². The van der Waals surface area contributed by atoms with Gasteiger partial charge in [0, 0.05) is 6.04 Å². The summed E-state index contributed by atoms with van der Waals surface area (Å²) in [5, 5.41) is 3.54. The van der Waals surface area contributed by atoms with E-state index < -0.39 is 0 Å². The van der Waals surface area contributed by atoms with E-state index in [1.807, 2.05) is 6.07 Å². The number of hydrogen-bond donors (Lipinski definition) is 2. The molecule has 19 heavy (non-hydrogen) atoms. The highest BCUT2D eigenvalue weighted by Gasteiger charge is 2.18. The molecule has 0 amide bonds. The van der Waals surface area contributed by atoms with E-state index in [1.165, 1.54) is 5.56 Å². The lowest BCUT2D eigenvalue weighted by Crippen LogP contribution is -2.30. The van der Waals surface area contributed by atoms with Crippen molar-refractivity contribution in [3.63, 3.8) is 0 Å². The average molecular weight is 262 g/mol. The first kappa shape index (κ1) is 16.2. The molecule has 0 saturated carbocycles. The Morgan fingerprint density at radius 2 is 1.79 bits per heavy atom. The van der Waals surface area contributed by atoms with Gasteiger partial charge >= 0.3 is 0 Å². The Morgan fingerprint density at radius 1 is 1.16 bits per heavy atom. The van der Waals surface area contributed by atoms with Crippen LogP contribution in [0, 0.1) is 11.3 Å². The van der Waals surface area contributed by atoms with Gasteiger partial charge in [-0.15, -0.1) is 0 Å². The molecule has 0 fully saturated rings. The lowest BCUT2D eigenvalue weighted by Gasteiger charge is -2.27. The molecule has 0 aliphatic carbocycles. The van der Waals surface area contributed by atoms with Gasteiger partial charge in [-0.3, -0.25) is 0 Å². The van der Waals surface area contributed by atoms with Crippen LogP contribution in [-0.2, 0) is 0 Å². The maximum atomic E-state index is 6.18. The SMILES string of the molecule is CC(CNCCCC(N)c1ccccc1)C(C)(C)C. The highest BCUT2D eigenvalue weighted by molar-refractivity contribution is 5.18. The first-order valence-electron chi connectivity index (χ1n) is 7.42. The molecule has 0 aromatic heterocycles. The van der Waals surface area contributed by atoms with Gasteiger partial charge in [0.25, 0.3) is 0 Å². The minimum atomic E-state index is 0.169. The molecule has 3 N–H and O–H groups in total. The average Bonchev–Trinajstić information content (AvgIpc) is 2.37. The van der Waals surface area contributed by atoms with Crippen LogP contribution in [0.1, 0.15) is 52.1 Å². The zero-order valence-electron chi connectivity index (χ0n) is 12.9. The molecule has 0 heterocycles. The molecule has 2 heteroatoms. The van der Waals surface area contributed by atoms with Crippen molar-refractivity contribution in [2.75, 3.05) is 13.1 Å². The van der Waals surface area contributed by atoms with Crippen LogP contribution in [0.5, 0.6) is 0 Å². The normalized spacial score (nSPS) is 15.2. The van der Waals surface area contributed by atoms with Gasteiger partial charge in [-0.05, 0) is 42.8 Å². The van der Waals surface area contributed by atoms with Crippen molar-refractivity contribution in [1.82, 2.24) is 5.32 Å². The van der Waals surface area contributed by atoms with Crippen LogP contribution in [0.25, 0.3) is 0 Å². The second-order valence-electron chi connectivity index (χ2n) is 6.63. The summed E-state index contributed by atoms with van der Waals surface area (Å²) in [5.74, 6) is 0.690. The summed E-state index contributed by atoms with van der Waals surface area (Å²) in [4.78, 5) is 0. The Balaban J connectivity index is 2.15. The number of nitrogens with one attached hydrogen (secondary N) is 1. The molecule has 0 spiro atoms. The van der Waals surface area contributed by atoms with E-state index >= 15 is 0 Å². The van der Waals surface area contributed by atoms with Crippen molar-refractivity contribution >= 4 is 0 Å². The number of rotatable bonds is 7. The predicted octanol–water partition coefficient (Wildman–Crippen LogP) is 3.74. The van der Waals surface area contributed by atoms with Gasteiger partial charge in [0.15, 0.2) is 0 Å². The lowest BCUT2D eigenvalue weighted by atomic mass is 9.82. The maximum absolute atomic E-state index is 6.18. The third-order valence-corrected chi connectivity index (χ3v) is 4.03. The largest absolute Gasteiger partial charge is 0.324 e. The van der Waals surface area contributed by atoms with Crippen LogP contribution in [0.3, 0.4) is 0 Å². The molecule has 0 saturated heterocycles. The first-order valence-corrected chi connectivity index (χ1v) is 7.42. The minimum absolute atomic E-state index is 0.169. The van der Waals surface area contributed by atoms with E-state index in [0.29, 0.717) is 11.3 Å². The molecular weight excluding hydrogens is 232 g/mol. The molecule has 0 bridgehead atoms. The highest BCUT2D eigenvalue weighted by Crippen LogP contribution is 2.24. The molecule has 1 rings (SSSR count). The third-order valence-electron chi connectivity index (χ3n) is 4.03. The molecule has 108 valence electrons. The van der Waals surface area contributed by atoms with Crippen molar-refractivity contribution < 1.29 is 0 Å². The molecule has 0 aliphatic heterocycles. The van der Waals surface area contributed by atoms with Crippen molar-refractivity contribution in [2.45, 2.75) is 46.6 Å². The fourth-order valence-corrected chi connectivity index (χ4v) is 1.94. The third kappa shape index (κ3) is 6.22. The molecular formula is C17H30N2. The fourth-order valence-electron chi connectivity index (χ4n) is 1.94. The van der Waals surface area contributed by atoms with Crippen LogP contribution in [0.15, 0.2) is 30.3 Å². The summed E-state index contributed by atoms with van der Waals surface area (Å²) in [5.41, 5.74) is 7.80. The van der Waals surface area contributed by atoms with Gasteiger partial charge in [-0.25, -0.2) is 0 Å². The second-order valence-corrected chi connectivity index (χ2v) is 6.63. The molecule has 1 aromatic carbocycles. The quantitative estimate of drug-likeness (QED) is 0.735. The topological polar surface area (TPSA) is 38.0 Å². The van der Waals surface area contributed by atoms with Gasteiger partial charge in [0.05, 0.1) is 0 Å². The summed E-state index contributed by atoms with van der Waals surface area (Å²) in [6, 6.07) is 10.5. The maximum Gasteiger partial charge on any atom is 0.0295 e.